The minimum Gasteiger partial charge on any atom is -0.468 e. The zero-order valence-corrected chi connectivity index (χ0v) is 11.3. The highest BCUT2D eigenvalue weighted by Gasteiger charge is 2.33. The normalized spacial score (nSPS) is 14.9. The molecule has 0 aliphatic carbocycles. The molecule has 0 rings (SSSR count). The van der Waals surface area contributed by atoms with Gasteiger partial charge in [-0.2, -0.15) is 0 Å². The number of methoxy groups -OCH3 is 1. The maximum absolute atomic E-state index is 11.7. The molecule has 4 heteroatoms. The molecule has 0 aromatic rings. The second kappa shape index (κ2) is 7.63. The fraction of sp³-hybridized carbons (Fsp3) is 0.917. The standard InChI is InChI=1S/C12H26N2O2/c1-6-9-13-12(3,11(15)16-5)8-10-14(4)7-2/h13H,6-10H2,1-5H3. The zero-order valence-electron chi connectivity index (χ0n) is 11.3. The number of hydrogen-bond donors (Lipinski definition) is 1. The quantitative estimate of drug-likeness (QED) is 0.637. The van der Waals surface area contributed by atoms with Gasteiger partial charge in [-0.15, -0.1) is 0 Å². The highest BCUT2D eigenvalue weighted by molar-refractivity contribution is 5.80. The highest BCUT2D eigenvalue weighted by atomic mass is 16.5. The lowest BCUT2D eigenvalue weighted by Crippen LogP contribution is -2.52. The number of esters is 1. The molecule has 0 saturated heterocycles. The Morgan fingerprint density at radius 1 is 1.44 bits per heavy atom. The van der Waals surface area contributed by atoms with E-state index in [1.165, 1.54) is 7.11 Å². The van der Waals surface area contributed by atoms with Crippen LogP contribution < -0.4 is 5.32 Å². The molecule has 16 heavy (non-hydrogen) atoms. The lowest BCUT2D eigenvalue weighted by molar-refractivity contribution is -0.148. The second-order valence-corrected chi connectivity index (χ2v) is 4.40. The summed E-state index contributed by atoms with van der Waals surface area (Å²) in [4.78, 5) is 13.9. The first-order chi connectivity index (χ1) is 7.50. The van der Waals surface area contributed by atoms with Crippen molar-refractivity contribution >= 4 is 5.97 Å². The van der Waals surface area contributed by atoms with Crippen LogP contribution in [0.3, 0.4) is 0 Å². The molecule has 0 amide bonds. The Balaban J connectivity index is 4.35. The molecule has 0 spiro atoms. The van der Waals surface area contributed by atoms with Crippen molar-refractivity contribution < 1.29 is 9.53 Å². The van der Waals surface area contributed by atoms with Crippen molar-refractivity contribution in [3.8, 4) is 0 Å². The van der Waals surface area contributed by atoms with Gasteiger partial charge in [0.2, 0.25) is 0 Å². The van der Waals surface area contributed by atoms with Gasteiger partial charge in [-0.05, 0) is 39.9 Å². The number of ether oxygens (including phenoxy) is 1. The van der Waals surface area contributed by atoms with Crippen LogP contribution in [0, 0.1) is 0 Å². The van der Waals surface area contributed by atoms with Gasteiger partial charge in [0.05, 0.1) is 7.11 Å². The lowest BCUT2D eigenvalue weighted by atomic mass is 9.97. The molecule has 1 atom stereocenters. The predicted molar refractivity (Wildman–Crippen MR) is 66.5 cm³/mol. The molecule has 0 bridgehead atoms. The van der Waals surface area contributed by atoms with Crippen LogP contribution in [0.4, 0.5) is 0 Å². The molecule has 0 aliphatic rings. The Labute approximate surface area is 99.3 Å². The molecule has 0 aromatic heterocycles. The summed E-state index contributed by atoms with van der Waals surface area (Å²) >= 11 is 0. The van der Waals surface area contributed by atoms with Crippen LogP contribution in [0.5, 0.6) is 0 Å². The van der Waals surface area contributed by atoms with Gasteiger partial charge in [-0.25, -0.2) is 0 Å². The molecule has 4 nitrogen and oxygen atoms in total. The molecule has 0 saturated carbocycles. The minimum atomic E-state index is -0.561. The predicted octanol–water partition coefficient (Wildman–Crippen LogP) is 1.26. The Hall–Kier alpha value is -0.610. The Morgan fingerprint density at radius 3 is 2.50 bits per heavy atom. The third kappa shape index (κ3) is 4.94. The molecule has 0 heterocycles. The van der Waals surface area contributed by atoms with Gasteiger partial charge in [0, 0.05) is 6.54 Å². The van der Waals surface area contributed by atoms with Crippen molar-refractivity contribution in [1.82, 2.24) is 10.2 Å². The van der Waals surface area contributed by atoms with Crippen molar-refractivity contribution in [2.45, 2.75) is 39.2 Å². The van der Waals surface area contributed by atoms with E-state index in [0.717, 1.165) is 32.5 Å². The van der Waals surface area contributed by atoms with Crippen molar-refractivity contribution in [1.29, 1.82) is 0 Å². The van der Waals surface area contributed by atoms with E-state index in [9.17, 15) is 4.79 Å². The Bertz CT molecular complexity index is 209. The van der Waals surface area contributed by atoms with E-state index in [4.69, 9.17) is 4.74 Å². The molecule has 1 unspecified atom stereocenters. The molecule has 1 N–H and O–H groups in total. The minimum absolute atomic E-state index is 0.176. The van der Waals surface area contributed by atoms with Gasteiger partial charge < -0.3 is 15.0 Å². The highest BCUT2D eigenvalue weighted by Crippen LogP contribution is 2.12. The Morgan fingerprint density at radius 2 is 2.06 bits per heavy atom. The van der Waals surface area contributed by atoms with Crippen molar-refractivity contribution in [3.05, 3.63) is 0 Å². The number of carbonyl (C=O) groups excluding carboxylic acids is 1. The van der Waals surface area contributed by atoms with Crippen LogP contribution in [-0.4, -0.2) is 50.2 Å². The first kappa shape index (κ1) is 15.4. The van der Waals surface area contributed by atoms with E-state index in [-0.39, 0.29) is 5.97 Å². The van der Waals surface area contributed by atoms with Crippen molar-refractivity contribution in [3.63, 3.8) is 0 Å². The van der Waals surface area contributed by atoms with Crippen LogP contribution in [0.15, 0.2) is 0 Å². The topological polar surface area (TPSA) is 41.6 Å². The van der Waals surface area contributed by atoms with E-state index in [1.54, 1.807) is 0 Å². The van der Waals surface area contributed by atoms with E-state index in [1.807, 2.05) is 6.92 Å². The molecule has 96 valence electrons. The number of nitrogens with one attached hydrogen (secondary N) is 1. The summed E-state index contributed by atoms with van der Waals surface area (Å²) < 4.78 is 4.86. The van der Waals surface area contributed by atoms with Gasteiger partial charge >= 0.3 is 5.97 Å². The van der Waals surface area contributed by atoms with Gasteiger partial charge in [0.1, 0.15) is 5.54 Å². The first-order valence-electron chi connectivity index (χ1n) is 6.02. The number of carbonyl (C=O) groups is 1. The first-order valence-corrected chi connectivity index (χ1v) is 6.02. The third-order valence-electron chi connectivity index (χ3n) is 2.93. The SMILES string of the molecule is CCCNC(C)(CCN(C)CC)C(=O)OC. The summed E-state index contributed by atoms with van der Waals surface area (Å²) in [6.45, 7) is 8.82. The molecular weight excluding hydrogens is 204 g/mol. The molecule has 0 aromatic carbocycles. The summed E-state index contributed by atoms with van der Waals surface area (Å²) in [6, 6.07) is 0. The summed E-state index contributed by atoms with van der Waals surface area (Å²) in [5.41, 5.74) is -0.561. The van der Waals surface area contributed by atoms with Crippen LogP contribution in [0.25, 0.3) is 0 Å². The van der Waals surface area contributed by atoms with E-state index in [2.05, 4.69) is 31.1 Å². The summed E-state index contributed by atoms with van der Waals surface area (Å²) in [7, 11) is 3.50. The molecule has 0 radical (unpaired) electrons. The largest absolute Gasteiger partial charge is 0.468 e. The van der Waals surface area contributed by atoms with Crippen LogP contribution in [-0.2, 0) is 9.53 Å². The lowest BCUT2D eigenvalue weighted by Gasteiger charge is -2.29. The van der Waals surface area contributed by atoms with Gasteiger partial charge in [-0.1, -0.05) is 13.8 Å². The second-order valence-electron chi connectivity index (χ2n) is 4.40. The summed E-state index contributed by atoms with van der Waals surface area (Å²) in [6.07, 6.45) is 1.78. The monoisotopic (exact) mass is 230 g/mol. The average molecular weight is 230 g/mol. The average Bonchev–Trinajstić information content (AvgIpc) is 2.32. The maximum atomic E-state index is 11.7. The number of rotatable bonds is 8. The van der Waals surface area contributed by atoms with Gasteiger partial charge in [0.15, 0.2) is 0 Å². The van der Waals surface area contributed by atoms with Crippen molar-refractivity contribution in [2.75, 3.05) is 33.8 Å². The van der Waals surface area contributed by atoms with Crippen LogP contribution >= 0.6 is 0 Å². The number of hydrogen-bond acceptors (Lipinski definition) is 4. The van der Waals surface area contributed by atoms with Crippen LogP contribution in [0.2, 0.25) is 0 Å². The summed E-state index contributed by atoms with van der Waals surface area (Å²) in [5.74, 6) is -0.176. The van der Waals surface area contributed by atoms with Crippen molar-refractivity contribution in [2.24, 2.45) is 0 Å². The summed E-state index contributed by atoms with van der Waals surface area (Å²) in [5, 5.41) is 3.27. The fourth-order valence-electron chi connectivity index (χ4n) is 1.46. The van der Waals surface area contributed by atoms with Gasteiger partial charge in [0.25, 0.3) is 0 Å². The molecule has 0 fully saturated rings. The van der Waals surface area contributed by atoms with Crippen LogP contribution in [0.1, 0.15) is 33.6 Å². The maximum Gasteiger partial charge on any atom is 0.325 e. The smallest absolute Gasteiger partial charge is 0.325 e. The molecule has 0 aliphatic heterocycles. The Kier molecular flexibility index (Phi) is 7.34. The van der Waals surface area contributed by atoms with Gasteiger partial charge in [-0.3, -0.25) is 4.79 Å². The fourth-order valence-corrected chi connectivity index (χ4v) is 1.46. The van der Waals surface area contributed by atoms with E-state index >= 15 is 0 Å². The third-order valence-corrected chi connectivity index (χ3v) is 2.93. The van der Waals surface area contributed by atoms with E-state index in [0.29, 0.717) is 0 Å². The zero-order chi connectivity index (χ0) is 12.6. The van der Waals surface area contributed by atoms with E-state index < -0.39 is 5.54 Å². The molecular formula is C12H26N2O2. The number of nitrogens with zero attached hydrogens (tertiary/aromatic N) is 1.